The predicted octanol–water partition coefficient (Wildman–Crippen LogP) is 0.508. The molecule has 0 spiro atoms. The second kappa shape index (κ2) is 7.65. The van der Waals surface area contributed by atoms with E-state index in [0.717, 1.165) is 6.54 Å². The zero-order valence-corrected chi connectivity index (χ0v) is 10.2. The normalized spacial score (nSPS) is 15.1. The number of amides is 1. The third-order valence-electron chi connectivity index (χ3n) is 2.32. The first-order chi connectivity index (χ1) is 6.97. The molecule has 0 rings (SSSR count). The van der Waals surface area contributed by atoms with Crippen LogP contribution in [0, 0.1) is 5.92 Å². The highest BCUT2D eigenvalue weighted by Gasteiger charge is 2.12. The number of aliphatic hydroxyl groups excluding tert-OH is 1. The quantitative estimate of drug-likeness (QED) is 0.581. The molecule has 3 N–H and O–H groups in total. The van der Waals surface area contributed by atoms with Crippen molar-refractivity contribution in [2.45, 2.75) is 46.3 Å². The number of rotatable bonds is 7. The Bertz CT molecular complexity index is 183. The van der Waals surface area contributed by atoms with Crippen molar-refractivity contribution >= 4 is 5.91 Å². The van der Waals surface area contributed by atoms with Gasteiger partial charge in [0.15, 0.2) is 0 Å². The van der Waals surface area contributed by atoms with E-state index < -0.39 is 6.10 Å². The maximum absolute atomic E-state index is 11.4. The van der Waals surface area contributed by atoms with Gasteiger partial charge in [0, 0.05) is 19.0 Å². The fourth-order valence-electron chi connectivity index (χ4n) is 1.22. The molecule has 0 aromatic carbocycles. The average Bonchev–Trinajstić information content (AvgIpc) is 2.14. The van der Waals surface area contributed by atoms with Gasteiger partial charge in [-0.1, -0.05) is 20.8 Å². The zero-order valence-electron chi connectivity index (χ0n) is 10.2. The minimum absolute atomic E-state index is 0.0110. The zero-order chi connectivity index (χ0) is 11.8. The molecule has 0 aromatic heterocycles. The van der Waals surface area contributed by atoms with Crippen LogP contribution in [0.5, 0.6) is 0 Å². The van der Waals surface area contributed by atoms with Crippen LogP contribution in [0.1, 0.15) is 34.1 Å². The molecule has 90 valence electrons. The van der Waals surface area contributed by atoms with Gasteiger partial charge >= 0.3 is 0 Å². The fourth-order valence-corrected chi connectivity index (χ4v) is 1.22. The van der Waals surface area contributed by atoms with Crippen LogP contribution in [0.4, 0.5) is 0 Å². The van der Waals surface area contributed by atoms with Gasteiger partial charge in [-0.25, -0.2) is 0 Å². The van der Waals surface area contributed by atoms with Gasteiger partial charge in [0.2, 0.25) is 5.91 Å². The minimum Gasteiger partial charge on any atom is -0.391 e. The summed E-state index contributed by atoms with van der Waals surface area (Å²) in [4.78, 5) is 11.4. The van der Waals surface area contributed by atoms with Gasteiger partial charge in [0.1, 0.15) is 0 Å². The maximum atomic E-state index is 11.4. The predicted molar refractivity (Wildman–Crippen MR) is 61.6 cm³/mol. The van der Waals surface area contributed by atoms with E-state index in [4.69, 9.17) is 0 Å². The Kier molecular flexibility index (Phi) is 7.34. The van der Waals surface area contributed by atoms with Crippen LogP contribution >= 0.6 is 0 Å². The van der Waals surface area contributed by atoms with Gasteiger partial charge in [-0.3, -0.25) is 4.79 Å². The molecule has 0 bridgehead atoms. The first kappa shape index (κ1) is 14.4. The van der Waals surface area contributed by atoms with E-state index in [9.17, 15) is 9.90 Å². The van der Waals surface area contributed by atoms with Gasteiger partial charge in [-0.2, -0.15) is 0 Å². The smallest absolute Gasteiger partial charge is 0.221 e. The monoisotopic (exact) mass is 216 g/mol. The van der Waals surface area contributed by atoms with Crippen molar-refractivity contribution in [1.29, 1.82) is 0 Å². The molecular weight excluding hydrogens is 192 g/mol. The molecule has 4 nitrogen and oxygen atoms in total. The topological polar surface area (TPSA) is 61.4 Å². The van der Waals surface area contributed by atoms with E-state index in [1.165, 1.54) is 0 Å². The van der Waals surface area contributed by atoms with Crippen LogP contribution in [0.25, 0.3) is 0 Å². The summed E-state index contributed by atoms with van der Waals surface area (Å²) in [6, 6.07) is 0.186. The number of carbonyl (C=O) groups excluding carboxylic acids is 1. The van der Waals surface area contributed by atoms with Crippen molar-refractivity contribution in [1.82, 2.24) is 10.6 Å². The van der Waals surface area contributed by atoms with E-state index in [0.29, 0.717) is 13.0 Å². The molecule has 2 atom stereocenters. The summed E-state index contributed by atoms with van der Waals surface area (Å²) >= 11 is 0. The van der Waals surface area contributed by atoms with Gasteiger partial charge in [0.05, 0.1) is 6.10 Å². The lowest BCUT2D eigenvalue weighted by Crippen LogP contribution is -2.38. The van der Waals surface area contributed by atoms with E-state index >= 15 is 0 Å². The highest BCUT2D eigenvalue weighted by molar-refractivity contribution is 5.76. The molecular formula is C11H24N2O2. The van der Waals surface area contributed by atoms with Gasteiger partial charge in [0.25, 0.3) is 0 Å². The van der Waals surface area contributed by atoms with Crippen LogP contribution in [-0.2, 0) is 4.79 Å². The molecule has 0 fully saturated rings. The Balaban J connectivity index is 3.66. The van der Waals surface area contributed by atoms with Crippen molar-refractivity contribution < 1.29 is 9.90 Å². The number of carbonyl (C=O) groups is 1. The van der Waals surface area contributed by atoms with E-state index in [2.05, 4.69) is 10.6 Å². The number of aliphatic hydroxyl groups is 1. The standard InChI is InChI=1S/C11H24N2O2/c1-5-12-9(4)6-11(15)13-7-10(14)8(2)3/h8-10,12,14H,5-7H2,1-4H3,(H,13,15). The van der Waals surface area contributed by atoms with Crippen molar-refractivity contribution in [2.24, 2.45) is 5.92 Å². The van der Waals surface area contributed by atoms with Crippen molar-refractivity contribution in [3.63, 3.8) is 0 Å². The summed E-state index contributed by atoms with van der Waals surface area (Å²) in [7, 11) is 0. The number of hydrogen-bond acceptors (Lipinski definition) is 3. The highest BCUT2D eigenvalue weighted by Crippen LogP contribution is 1.99. The summed E-state index contributed by atoms with van der Waals surface area (Å²) in [5, 5.41) is 15.4. The second-order valence-corrected chi connectivity index (χ2v) is 4.28. The molecule has 0 heterocycles. The summed E-state index contributed by atoms with van der Waals surface area (Å²) in [6.45, 7) is 9.05. The molecule has 2 unspecified atom stereocenters. The Morgan fingerprint density at radius 2 is 1.93 bits per heavy atom. The third kappa shape index (κ3) is 7.33. The van der Waals surface area contributed by atoms with Crippen molar-refractivity contribution in [3.05, 3.63) is 0 Å². The summed E-state index contributed by atoms with van der Waals surface area (Å²) < 4.78 is 0. The molecule has 0 aliphatic rings. The van der Waals surface area contributed by atoms with Crippen LogP contribution in [0.3, 0.4) is 0 Å². The lowest BCUT2D eigenvalue weighted by atomic mass is 10.1. The summed E-state index contributed by atoms with van der Waals surface area (Å²) in [5.74, 6) is 0.166. The molecule has 0 aromatic rings. The Morgan fingerprint density at radius 3 is 2.40 bits per heavy atom. The lowest BCUT2D eigenvalue weighted by molar-refractivity contribution is -0.122. The molecule has 0 saturated heterocycles. The number of hydrogen-bond donors (Lipinski definition) is 3. The van der Waals surface area contributed by atoms with Crippen molar-refractivity contribution in [3.8, 4) is 0 Å². The molecule has 0 radical (unpaired) electrons. The SMILES string of the molecule is CCNC(C)CC(=O)NCC(O)C(C)C. The number of nitrogens with one attached hydrogen (secondary N) is 2. The molecule has 15 heavy (non-hydrogen) atoms. The van der Waals surface area contributed by atoms with Crippen LogP contribution in [0.2, 0.25) is 0 Å². The van der Waals surface area contributed by atoms with Crippen LogP contribution in [-0.4, -0.2) is 36.2 Å². The van der Waals surface area contributed by atoms with Crippen molar-refractivity contribution in [2.75, 3.05) is 13.1 Å². The van der Waals surface area contributed by atoms with Gasteiger partial charge in [-0.05, 0) is 19.4 Å². The molecule has 0 saturated carbocycles. The Hall–Kier alpha value is -0.610. The molecule has 0 aliphatic carbocycles. The fraction of sp³-hybridized carbons (Fsp3) is 0.909. The lowest BCUT2D eigenvalue weighted by Gasteiger charge is -2.16. The van der Waals surface area contributed by atoms with E-state index in [1.807, 2.05) is 27.7 Å². The van der Waals surface area contributed by atoms with Crippen LogP contribution < -0.4 is 10.6 Å². The first-order valence-corrected chi connectivity index (χ1v) is 5.65. The largest absolute Gasteiger partial charge is 0.391 e. The van der Waals surface area contributed by atoms with Crippen LogP contribution in [0.15, 0.2) is 0 Å². The Labute approximate surface area is 92.4 Å². The van der Waals surface area contributed by atoms with E-state index in [1.54, 1.807) is 0 Å². The van der Waals surface area contributed by atoms with Gasteiger partial charge in [-0.15, -0.1) is 0 Å². The molecule has 0 aliphatic heterocycles. The first-order valence-electron chi connectivity index (χ1n) is 5.65. The summed E-state index contributed by atoms with van der Waals surface area (Å²) in [5.41, 5.74) is 0. The van der Waals surface area contributed by atoms with Gasteiger partial charge < -0.3 is 15.7 Å². The van der Waals surface area contributed by atoms with E-state index in [-0.39, 0.29) is 17.9 Å². The highest BCUT2D eigenvalue weighted by atomic mass is 16.3. The average molecular weight is 216 g/mol. The maximum Gasteiger partial charge on any atom is 0.221 e. The summed E-state index contributed by atoms with van der Waals surface area (Å²) in [6.07, 6.45) is 0.00181. The second-order valence-electron chi connectivity index (χ2n) is 4.28. The minimum atomic E-state index is -0.455. The third-order valence-corrected chi connectivity index (χ3v) is 2.32. The molecule has 1 amide bonds. The Morgan fingerprint density at radius 1 is 1.33 bits per heavy atom. The molecule has 4 heteroatoms.